The van der Waals surface area contributed by atoms with Gasteiger partial charge in [-0.1, -0.05) is 37.6 Å². The number of thiazole rings is 1. The van der Waals surface area contributed by atoms with Gasteiger partial charge in [0.25, 0.3) is 0 Å². The first-order valence-corrected chi connectivity index (χ1v) is 8.81. The predicted octanol–water partition coefficient (Wildman–Crippen LogP) is 3.49. The first-order chi connectivity index (χ1) is 11.3. The van der Waals surface area contributed by atoms with Crippen molar-refractivity contribution in [1.29, 1.82) is 0 Å². The number of rotatable bonds is 6. The van der Waals surface area contributed by atoms with Crippen molar-refractivity contribution in [2.45, 2.75) is 33.2 Å². The van der Waals surface area contributed by atoms with E-state index in [0.717, 1.165) is 16.9 Å². The van der Waals surface area contributed by atoms with Crippen LogP contribution >= 0.6 is 22.9 Å². The summed E-state index contributed by atoms with van der Waals surface area (Å²) in [5.41, 5.74) is 1.12. The second kappa shape index (κ2) is 8.26. The molecule has 1 atom stereocenters. The second-order valence-corrected chi connectivity index (χ2v) is 7.40. The Bertz CT molecular complexity index is 713. The summed E-state index contributed by atoms with van der Waals surface area (Å²) in [7, 11) is 0. The number of nitrogens with one attached hydrogen (secondary N) is 2. The second-order valence-electron chi connectivity index (χ2n) is 5.85. The molecule has 0 saturated carbocycles. The number of carbonyl (C=O) groups excluding carboxylic acids is 2. The lowest BCUT2D eigenvalue weighted by Crippen LogP contribution is -2.46. The van der Waals surface area contributed by atoms with Gasteiger partial charge in [0, 0.05) is 29.4 Å². The zero-order chi connectivity index (χ0) is 17.7. The first kappa shape index (κ1) is 18.4. The Kier molecular flexibility index (Phi) is 6.34. The monoisotopic (exact) mass is 365 g/mol. The van der Waals surface area contributed by atoms with Crippen LogP contribution < -0.4 is 10.6 Å². The van der Waals surface area contributed by atoms with Crippen LogP contribution in [0.2, 0.25) is 5.02 Å². The van der Waals surface area contributed by atoms with Gasteiger partial charge < -0.3 is 10.6 Å². The van der Waals surface area contributed by atoms with Crippen LogP contribution in [0, 0.1) is 5.92 Å². The molecule has 1 unspecified atom stereocenters. The number of hydrogen-bond acceptors (Lipinski definition) is 4. The van der Waals surface area contributed by atoms with E-state index in [4.69, 9.17) is 11.6 Å². The van der Waals surface area contributed by atoms with Crippen molar-refractivity contribution in [3.05, 3.63) is 45.9 Å². The number of benzene rings is 1. The van der Waals surface area contributed by atoms with Gasteiger partial charge in [0.2, 0.25) is 11.8 Å². The van der Waals surface area contributed by atoms with Crippen molar-refractivity contribution >= 4 is 39.9 Å². The molecule has 2 N–H and O–H groups in total. The maximum Gasteiger partial charge on any atom is 0.248 e. The van der Waals surface area contributed by atoms with Crippen LogP contribution in [0.25, 0.3) is 0 Å². The number of nitrogens with zero attached hydrogens (tertiary/aromatic N) is 1. The van der Waals surface area contributed by atoms with Crippen LogP contribution in [0.1, 0.15) is 31.2 Å². The standard InChI is InChI=1S/C17H20ClN3O2S/c1-10(2)15(20-11(3)22)16(23)21-17-19-9-14(24-17)8-12-4-6-13(18)7-5-12/h4-7,9-10,15H,8H2,1-3H3,(H,20,22)(H,19,21,23). The minimum absolute atomic E-state index is 0.0117. The molecule has 1 heterocycles. The SMILES string of the molecule is CC(=O)NC(C(=O)Nc1ncc(Cc2ccc(Cl)cc2)s1)C(C)C. The maximum atomic E-state index is 12.3. The molecular formula is C17H20ClN3O2S. The van der Waals surface area contributed by atoms with Crippen molar-refractivity contribution < 1.29 is 9.59 Å². The van der Waals surface area contributed by atoms with Gasteiger partial charge in [0.05, 0.1) is 0 Å². The fraction of sp³-hybridized carbons (Fsp3) is 0.353. The van der Waals surface area contributed by atoms with Gasteiger partial charge in [-0.05, 0) is 23.6 Å². The molecule has 0 spiro atoms. The van der Waals surface area contributed by atoms with Crippen molar-refractivity contribution in [2.24, 2.45) is 5.92 Å². The molecule has 7 heteroatoms. The molecule has 1 aromatic heterocycles. The quantitative estimate of drug-likeness (QED) is 0.823. The van der Waals surface area contributed by atoms with E-state index in [1.165, 1.54) is 18.3 Å². The third kappa shape index (κ3) is 5.32. The highest BCUT2D eigenvalue weighted by atomic mass is 35.5. The molecule has 0 radical (unpaired) electrons. The van der Waals surface area contributed by atoms with Crippen LogP contribution in [-0.4, -0.2) is 22.8 Å². The molecular weight excluding hydrogens is 346 g/mol. The number of carbonyl (C=O) groups is 2. The topological polar surface area (TPSA) is 71.1 Å². The summed E-state index contributed by atoms with van der Waals surface area (Å²) in [6, 6.07) is 7.05. The Hall–Kier alpha value is -1.92. The summed E-state index contributed by atoms with van der Waals surface area (Å²) >= 11 is 7.30. The van der Waals surface area contributed by atoms with Crippen molar-refractivity contribution in [3.63, 3.8) is 0 Å². The fourth-order valence-electron chi connectivity index (χ4n) is 2.19. The molecule has 2 aromatic rings. The Morgan fingerprint density at radius 3 is 2.50 bits per heavy atom. The minimum Gasteiger partial charge on any atom is -0.344 e. The first-order valence-electron chi connectivity index (χ1n) is 7.62. The number of halogens is 1. The minimum atomic E-state index is -0.578. The van der Waals surface area contributed by atoms with E-state index in [1.54, 1.807) is 6.20 Å². The largest absolute Gasteiger partial charge is 0.344 e. The average Bonchev–Trinajstić information content (AvgIpc) is 2.93. The molecule has 24 heavy (non-hydrogen) atoms. The summed E-state index contributed by atoms with van der Waals surface area (Å²) in [6.45, 7) is 5.16. The molecule has 0 aliphatic heterocycles. The van der Waals surface area contributed by atoms with E-state index in [0.29, 0.717) is 10.2 Å². The Morgan fingerprint density at radius 1 is 1.25 bits per heavy atom. The highest BCUT2D eigenvalue weighted by Crippen LogP contribution is 2.22. The van der Waals surface area contributed by atoms with E-state index in [9.17, 15) is 9.59 Å². The number of hydrogen-bond donors (Lipinski definition) is 2. The van der Waals surface area contributed by atoms with Crippen LogP contribution in [-0.2, 0) is 16.0 Å². The van der Waals surface area contributed by atoms with E-state index in [2.05, 4.69) is 15.6 Å². The van der Waals surface area contributed by atoms with Gasteiger partial charge >= 0.3 is 0 Å². The van der Waals surface area contributed by atoms with Crippen LogP contribution in [0.4, 0.5) is 5.13 Å². The Labute approximate surface area is 150 Å². The Morgan fingerprint density at radius 2 is 1.92 bits per heavy atom. The van der Waals surface area contributed by atoms with Crippen molar-refractivity contribution in [3.8, 4) is 0 Å². The lowest BCUT2D eigenvalue weighted by molar-refractivity contribution is -0.126. The van der Waals surface area contributed by atoms with Gasteiger partial charge in [-0.3, -0.25) is 9.59 Å². The van der Waals surface area contributed by atoms with Crippen molar-refractivity contribution in [1.82, 2.24) is 10.3 Å². The normalized spacial score (nSPS) is 12.0. The zero-order valence-electron chi connectivity index (χ0n) is 13.8. The average molecular weight is 366 g/mol. The molecule has 2 amide bonds. The summed E-state index contributed by atoms with van der Waals surface area (Å²) in [5.74, 6) is -0.499. The summed E-state index contributed by atoms with van der Waals surface area (Å²) < 4.78 is 0. The molecule has 0 aliphatic rings. The van der Waals surface area contributed by atoms with Gasteiger partial charge in [0.15, 0.2) is 5.13 Å². The molecule has 0 aliphatic carbocycles. The van der Waals surface area contributed by atoms with Gasteiger partial charge in [-0.15, -0.1) is 11.3 Å². The molecule has 0 saturated heterocycles. The fourth-order valence-corrected chi connectivity index (χ4v) is 3.16. The van der Waals surface area contributed by atoms with Gasteiger partial charge in [0.1, 0.15) is 6.04 Å². The summed E-state index contributed by atoms with van der Waals surface area (Å²) in [4.78, 5) is 28.8. The number of aromatic nitrogens is 1. The van der Waals surface area contributed by atoms with Crippen LogP contribution in [0.3, 0.4) is 0 Å². The Balaban J connectivity index is 2.00. The van der Waals surface area contributed by atoms with E-state index < -0.39 is 6.04 Å². The van der Waals surface area contributed by atoms with E-state index in [-0.39, 0.29) is 17.7 Å². The molecule has 2 rings (SSSR count). The van der Waals surface area contributed by atoms with Crippen molar-refractivity contribution in [2.75, 3.05) is 5.32 Å². The lowest BCUT2D eigenvalue weighted by Gasteiger charge is -2.20. The third-order valence-electron chi connectivity index (χ3n) is 3.38. The zero-order valence-corrected chi connectivity index (χ0v) is 15.4. The number of amides is 2. The third-order valence-corrected chi connectivity index (χ3v) is 4.55. The lowest BCUT2D eigenvalue weighted by atomic mass is 10.0. The molecule has 128 valence electrons. The highest BCUT2D eigenvalue weighted by molar-refractivity contribution is 7.15. The molecule has 0 bridgehead atoms. The smallest absolute Gasteiger partial charge is 0.248 e. The maximum absolute atomic E-state index is 12.3. The summed E-state index contributed by atoms with van der Waals surface area (Å²) in [6.07, 6.45) is 2.47. The van der Waals surface area contributed by atoms with Crippen LogP contribution in [0.5, 0.6) is 0 Å². The predicted molar refractivity (Wildman–Crippen MR) is 97.4 cm³/mol. The highest BCUT2D eigenvalue weighted by Gasteiger charge is 2.23. The van der Waals surface area contributed by atoms with Gasteiger partial charge in [-0.2, -0.15) is 0 Å². The number of anilines is 1. The van der Waals surface area contributed by atoms with Crippen LogP contribution in [0.15, 0.2) is 30.5 Å². The van der Waals surface area contributed by atoms with Gasteiger partial charge in [-0.25, -0.2) is 4.98 Å². The molecule has 1 aromatic carbocycles. The molecule has 5 nitrogen and oxygen atoms in total. The molecule has 0 fully saturated rings. The summed E-state index contributed by atoms with van der Waals surface area (Å²) in [5, 5.41) is 6.67. The van der Waals surface area contributed by atoms with E-state index >= 15 is 0 Å². The van der Waals surface area contributed by atoms with E-state index in [1.807, 2.05) is 38.1 Å².